The van der Waals surface area contributed by atoms with Gasteiger partial charge in [0.15, 0.2) is 0 Å². The van der Waals surface area contributed by atoms with Crippen molar-refractivity contribution in [2.24, 2.45) is 0 Å². The Balaban J connectivity index is 1.86. The van der Waals surface area contributed by atoms with Gasteiger partial charge in [0.05, 0.1) is 51.8 Å². The molecule has 0 aromatic carbocycles. The number of likely N-dealkylation sites (tertiary alicyclic amines) is 1. The minimum absolute atomic E-state index is 0.192. The SMILES string of the molecule is O=C(O)CN1CCN(CC(=O)O)CCN(CC(=O)NCC(=O)NCC(=O)NCC(=O)N2CCC[C@H]2B(O)O)CCN(CC(=O)O)CC1. The normalized spacial score (nSPS) is 19.2. The molecule has 21 heteroatoms. The molecular weight excluding hydrogens is 627 g/mol. The summed E-state index contributed by atoms with van der Waals surface area (Å²) in [6, 6.07) is 0. The Morgan fingerprint density at radius 3 is 1.28 bits per heavy atom. The summed E-state index contributed by atoms with van der Waals surface area (Å²) >= 11 is 0. The molecule has 2 aliphatic rings. The van der Waals surface area contributed by atoms with Crippen LogP contribution in [0.15, 0.2) is 0 Å². The van der Waals surface area contributed by atoms with E-state index in [0.29, 0.717) is 19.4 Å². The van der Waals surface area contributed by atoms with Crippen molar-refractivity contribution in [2.45, 2.75) is 18.8 Å². The maximum absolute atomic E-state index is 12.7. The van der Waals surface area contributed by atoms with Gasteiger partial charge in [-0.15, -0.1) is 0 Å². The van der Waals surface area contributed by atoms with Crippen molar-refractivity contribution in [1.82, 2.24) is 40.4 Å². The molecule has 0 saturated carbocycles. The van der Waals surface area contributed by atoms with Gasteiger partial charge in [0.25, 0.3) is 0 Å². The number of hydrogen-bond acceptors (Lipinski definition) is 13. The highest BCUT2D eigenvalue weighted by atomic mass is 16.4. The van der Waals surface area contributed by atoms with Crippen LogP contribution in [-0.4, -0.2) is 209 Å². The Morgan fingerprint density at radius 1 is 0.532 bits per heavy atom. The van der Waals surface area contributed by atoms with Crippen molar-refractivity contribution in [1.29, 1.82) is 0 Å². The van der Waals surface area contributed by atoms with Crippen molar-refractivity contribution >= 4 is 48.7 Å². The second kappa shape index (κ2) is 20.4. The molecule has 2 aliphatic heterocycles. The summed E-state index contributed by atoms with van der Waals surface area (Å²) in [5.41, 5.74) is 0. The number of nitrogens with one attached hydrogen (secondary N) is 3. The average molecular weight is 673 g/mol. The van der Waals surface area contributed by atoms with Gasteiger partial charge in [-0.2, -0.15) is 0 Å². The van der Waals surface area contributed by atoms with Crippen molar-refractivity contribution in [3.63, 3.8) is 0 Å². The highest BCUT2D eigenvalue weighted by Crippen LogP contribution is 2.17. The van der Waals surface area contributed by atoms with Crippen LogP contribution in [0.5, 0.6) is 0 Å². The number of nitrogens with zero attached hydrogens (tertiary/aromatic N) is 5. The summed E-state index contributed by atoms with van der Waals surface area (Å²) in [4.78, 5) is 91.3. The Morgan fingerprint density at radius 2 is 0.894 bits per heavy atom. The third kappa shape index (κ3) is 16.0. The first-order chi connectivity index (χ1) is 22.2. The van der Waals surface area contributed by atoms with Gasteiger partial charge in [0, 0.05) is 58.9 Å². The molecule has 1 atom stereocenters. The topological polar surface area (TPSA) is 273 Å². The van der Waals surface area contributed by atoms with E-state index in [1.165, 1.54) is 4.90 Å². The molecule has 8 N–H and O–H groups in total. The Bertz CT molecular complexity index is 1080. The molecule has 0 aromatic heterocycles. The van der Waals surface area contributed by atoms with Crippen LogP contribution < -0.4 is 16.0 Å². The fourth-order valence-corrected chi connectivity index (χ4v) is 5.21. The standard InChI is InChI=1S/C26H45BN8O12/c36-20(28-12-21(37)30-14-23(39)35-3-1-2-19(35)27(46)47)13-29-22(38)15-31-4-6-32(16-24(40)41)8-10-34(18-26(44)45)11-9-33(7-5-31)17-25(42)43/h19,46-47H,1-18H2,(H,28,36)(H,29,38)(H,30,37)(H,40,41)(H,42,43)(H,44,45)/t19-/m0/s1. The van der Waals surface area contributed by atoms with Crippen LogP contribution in [0.1, 0.15) is 12.8 Å². The second-order valence-corrected chi connectivity index (χ2v) is 11.3. The smallest absolute Gasteiger partial charge is 0.475 e. The van der Waals surface area contributed by atoms with Gasteiger partial charge < -0.3 is 46.2 Å². The zero-order chi connectivity index (χ0) is 34.9. The van der Waals surface area contributed by atoms with Crippen LogP contribution in [0.4, 0.5) is 0 Å². The molecule has 2 saturated heterocycles. The van der Waals surface area contributed by atoms with Crippen LogP contribution >= 0.6 is 0 Å². The zero-order valence-corrected chi connectivity index (χ0v) is 26.2. The van der Waals surface area contributed by atoms with E-state index < -0.39 is 74.2 Å². The van der Waals surface area contributed by atoms with Crippen LogP contribution in [0, 0.1) is 0 Å². The number of aliphatic carboxylic acids is 3. The Labute approximate surface area is 271 Å². The average Bonchev–Trinajstić information content (AvgIpc) is 3.49. The lowest BCUT2D eigenvalue weighted by molar-refractivity contribution is -0.140. The predicted molar refractivity (Wildman–Crippen MR) is 163 cm³/mol. The van der Waals surface area contributed by atoms with Gasteiger partial charge in [-0.3, -0.25) is 53.2 Å². The third-order valence-corrected chi connectivity index (χ3v) is 7.67. The van der Waals surface area contributed by atoms with Crippen LogP contribution in [0.2, 0.25) is 0 Å². The van der Waals surface area contributed by atoms with Crippen molar-refractivity contribution in [2.75, 3.05) is 105 Å². The van der Waals surface area contributed by atoms with Crippen molar-refractivity contribution < 1.29 is 58.9 Å². The quantitative estimate of drug-likeness (QED) is 0.0752. The molecule has 264 valence electrons. The van der Waals surface area contributed by atoms with E-state index in [1.54, 1.807) is 19.6 Å². The summed E-state index contributed by atoms with van der Waals surface area (Å²) in [7, 11) is -1.68. The number of carboxylic acid groups (broad SMARTS) is 3. The fourth-order valence-electron chi connectivity index (χ4n) is 5.21. The van der Waals surface area contributed by atoms with Gasteiger partial charge in [0.2, 0.25) is 23.6 Å². The molecule has 0 spiro atoms. The first-order valence-electron chi connectivity index (χ1n) is 15.2. The molecule has 0 unspecified atom stereocenters. The van der Waals surface area contributed by atoms with E-state index in [-0.39, 0.29) is 78.5 Å². The summed E-state index contributed by atoms with van der Waals surface area (Å²) in [6.45, 7) is -0.276. The largest absolute Gasteiger partial charge is 0.480 e. The van der Waals surface area contributed by atoms with Gasteiger partial charge >= 0.3 is 25.0 Å². The molecule has 0 aromatic rings. The number of carbonyl (C=O) groups is 7. The van der Waals surface area contributed by atoms with E-state index in [9.17, 15) is 58.9 Å². The molecule has 0 bridgehead atoms. The molecule has 2 heterocycles. The van der Waals surface area contributed by atoms with Crippen LogP contribution in [0.25, 0.3) is 0 Å². The lowest BCUT2D eigenvalue weighted by atomic mass is 9.78. The summed E-state index contributed by atoms with van der Waals surface area (Å²) in [6.07, 6.45) is 1.03. The first kappa shape index (κ1) is 39.3. The fraction of sp³-hybridized carbons (Fsp3) is 0.731. The molecule has 2 rings (SSSR count). The van der Waals surface area contributed by atoms with E-state index >= 15 is 0 Å². The number of carbonyl (C=O) groups excluding carboxylic acids is 4. The highest BCUT2D eigenvalue weighted by Gasteiger charge is 2.36. The first-order valence-corrected chi connectivity index (χ1v) is 15.2. The zero-order valence-electron chi connectivity index (χ0n) is 26.2. The van der Waals surface area contributed by atoms with E-state index in [0.717, 1.165) is 0 Å². The number of rotatable bonds is 15. The van der Waals surface area contributed by atoms with Crippen molar-refractivity contribution in [3.05, 3.63) is 0 Å². The molecule has 0 radical (unpaired) electrons. The second-order valence-electron chi connectivity index (χ2n) is 11.3. The molecule has 2 fully saturated rings. The van der Waals surface area contributed by atoms with Crippen molar-refractivity contribution in [3.8, 4) is 0 Å². The molecule has 20 nitrogen and oxygen atoms in total. The molecule has 0 aliphatic carbocycles. The van der Waals surface area contributed by atoms with Gasteiger partial charge in [-0.1, -0.05) is 0 Å². The Kier molecular flexibility index (Phi) is 17.0. The van der Waals surface area contributed by atoms with E-state index in [4.69, 9.17) is 0 Å². The number of amides is 4. The molecular formula is C26H45BN8O12. The number of hydrogen-bond donors (Lipinski definition) is 8. The monoisotopic (exact) mass is 672 g/mol. The highest BCUT2D eigenvalue weighted by molar-refractivity contribution is 6.43. The van der Waals surface area contributed by atoms with Gasteiger partial charge in [-0.05, 0) is 12.8 Å². The van der Waals surface area contributed by atoms with Gasteiger partial charge in [-0.25, -0.2) is 0 Å². The molecule has 47 heavy (non-hydrogen) atoms. The maximum Gasteiger partial charge on any atom is 0.475 e. The minimum Gasteiger partial charge on any atom is -0.480 e. The maximum atomic E-state index is 12.7. The number of carboxylic acids is 3. The summed E-state index contributed by atoms with van der Waals surface area (Å²) in [5, 5.41) is 53.8. The van der Waals surface area contributed by atoms with Gasteiger partial charge in [0.1, 0.15) is 0 Å². The predicted octanol–water partition coefficient (Wildman–Crippen LogP) is -6.19. The third-order valence-electron chi connectivity index (χ3n) is 7.67. The molecule has 4 amide bonds. The van der Waals surface area contributed by atoms with E-state index in [1.807, 2.05) is 0 Å². The lowest BCUT2D eigenvalue weighted by Crippen LogP contribution is -2.50. The van der Waals surface area contributed by atoms with Crippen LogP contribution in [-0.2, 0) is 33.6 Å². The van der Waals surface area contributed by atoms with Crippen LogP contribution in [0.3, 0.4) is 0 Å². The summed E-state index contributed by atoms with van der Waals surface area (Å²) < 4.78 is 0. The lowest BCUT2D eigenvalue weighted by Gasteiger charge is -2.32. The Hall–Kier alpha value is -3.89. The minimum atomic E-state index is -1.68. The summed E-state index contributed by atoms with van der Waals surface area (Å²) in [5.74, 6) is -6.34. The van der Waals surface area contributed by atoms with E-state index in [2.05, 4.69) is 16.0 Å².